The molecule has 0 aliphatic carbocycles. The van der Waals surface area contributed by atoms with Gasteiger partial charge in [-0.15, -0.1) is 0 Å². The van der Waals surface area contributed by atoms with Crippen molar-refractivity contribution in [2.24, 2.45) is 5.41 Å². The summed E-state index contributed by atoms with van der Waals surface area (Å²) in [6.07, 6.45) is 7.40. The van der Waals surface area contributed by atoms with Gasteiger partial charge in [-0.1, -0.05) is 26.8 Å². The van der Waals surface area contributed by atoms with Crippen molar-refractivity contribution in [1.29, 1.82) is 0 Å². The van der Waals surface area contributed by atoms with E-state index < -0.39 is 5.41 Å². The third-order valence-corrected chi connectivity index (χ3v) is 6.81. The van der Waals surface area contributed by atoms with Gasteiger partial charge >= 0.3 is 0 Å². The number of hydrogen-bond acceptors (Lipinski definition) is 5. The first-order valence-corrected chi connectivity index (χ1v) is 12.8. The summed E-state index contributed by atoms with van der Waals surface area (Å²) in [5.41, 5.74) is 3.74. The van der Waals surface area contributed by atoms with Gasteiger partial charge in [0.25, 0.3) is 0 Å². The second-order valence-electron chi connectivity index (χ2n) is 10.1. The highest BCUT2D eigenvalue weighted by atomic mass is 32.1. The van der Waals surface area contributed by atoms with Crippen LogP contribution in [0.5, 0.6) is 5.75 Å². The highest BCUT2D eigenvalue weighted by Crippen LogP contribution is 2.44. The van der Waals surface area contributed by atoms with Crippen LogP contribution in [0.1, 0.15) is 44.2 Å². The zero-order valence-corrected chi connectivity index (χ0v) is 22.6. The summed E-state index contributed by atoms with van der Waals surface area (Å²) in [6.45, 7) is 5.62. The van der Waals surface area contributed by atoms with Gasteiger partial charge in [0.1, 0.15) is 11.8 Å². The van der Waals surface area contributed by atoms with Crippen molar-refractivity contribution in [3.05, 3.63) is 96.8 Å². The molecule has 1 fully saturated rings. The number of nitrogens with one attached hydrogen (secondary N) is 2. The lowest BCUT2D eigenvalue weighted by molar-refractivity contribution is -0.123. The van der Waals surface area contributed by atoms with Crippen LogP contribution in [0.2, 0.25) is 0 Å². The number of methoxy groups -OCH3 is 1. The molecule has 4 heterocycles. The Morgan fingerprint density at radius 2 is 1.89 bits per heavy atom. The topological polar surface area (TPSA) is 84.3 Å². The van der Waals surface area contributed by atoms with Crippen LogP contribution in [-0.2, 0) is 4.79 Å². The van der Waals surface area contributed by atoms with Crippen LogP contribution in [0, 0.1) is 5.41 Å². The van der Waals surface area contributed by atoms with Crippen molar-refractivity contribution in [2.75, 3.05) is 17.3 Å². The maximum atomic E-state index is 12.7. The van der Waals surface area contributed by atoms with E-state index in [1.165, 1.54) is 0 Å². The molecule has 0 radical (unpaired) electrons. The van der Waals surface area contributed by atoms with Gasteiger partial charge in [-0.25, -0.2) is 0 Å². The first-order valence-electron chi connectivity index (χ1n) is 12.4. The van der Waals surface area contributed by atoms with Crippen LogP contribution in [0.3, 0.4) is 0 Å². The molecule has 9 heteroatoms. The average molecular weight is 527 g/mol. The van der Waals surface area contributed by atoms with E-state index in [1.54, 1.807) is 19.5 Å². The minimum Gasteiger partial charge on any atom is -0.494 e. The zero-order chi connectivity index (χ0) is 26.9. The molecule has 5 rings (SSSR count). The van der Waals surface area contributed by atoms with E-state index in [4.69, 9.17) is 17.0 Å². The number of thiocarbonyl (C=S) groups is 1. The monoisotopic (exact) mass is 526 g/mol. The molecule has 3 aromatic heterocycles. The standard InChI is InChI=1S/C29H30N6O2S/c1-29(2,3)27(36)32-21-13-12-19(17-24(21)37-4)35-26(25(33-28(35)38)22-10-5-6-15-31-22)23-11-8-16-34(23)20-9-7-14-30-18-20/h5-18,25-26H,1-4H3,(H,32,36)(H,33,38)/t25-,26-/m1/s1. The Morgan fingerprint density at radius 3 is 2.58 bits per heavy atom. The van der Waals surface area contributed by atoms with E-state index in [9.17, 15) is 4.79 Å². The molecule has 1 saturated heterocycles. The summed E-state index contributed by atoms with van der Waals surface area (Å²) in [7, 11) is 1.59. The molecule has 1 amide bonds. The first kappa shape index (κ1) is 25.4. The summed E-state index contributed by atoms with van der Waals surface area (Å²) in [5, 5.41) is 7.05. The van der Waals surface area contributed by atoms with Crippen molar-refractivity contribution in [2.45, 2.75) is 32.9 Å². The molecule has 0 unspecified atom stereocenters. The Labute approximate surface area is 227 Å². The Kier molecular flexibility index (Phi) is 6.86. The third kappa shape index (κ3) is 4.84. The molecule has 0 spiro atoms. The summed E-state index contributed by atoms with van der Waals surface area (Å²) in [5.74, 6) is 0.454. The summed E-state index contributed by atoms with van der Waals surface area (Å²) < 4.78 is 7.81. The summed E-state index contributed by atoms with van der Waals surface area (Å²) in [4.78, 5) is 23.7. The average Bonchev–Trinajstić information content (AvgIpc) is 3.53. The Hall–Kier alpha value is -4.24. The predicted molar refractivity (Wildman–Crippen MR) is 153 cm³/mol. The number of nitrogens with zero attached hydrogens (tertiary/aromatic N) is 4. The Morgan fingerprint density at radius 1 is 1.05 bits per heavy atom. The maximum absolute atomic E-state index is 12.7. The molecule has 1 aliphatic heterocycles. The number of benzene rings is 1. The molecule has 194 valence electrons. The van der Waals surface area contributed by atoms with Crippen LogP contribution in [0.25, 0.3) is 5.69 Å². The quantitative estimate of drug-likeness (QED) is 0.324. The number of ether oxygens (including phenoxy) is 1. The summed E-state index contributed by atoms with van der Waals surface area (Å²) >= 11 is 5.90. The number of hydrogen-bond donors (Lipinski definition) is 2. The molecule has 8 nitrogen and oxygen atoms in total. The second kappa shape index (κ2) is 10.3. The van der Waals surface area contributed by atoms with E-state index in [1.807, 2.05) is 87.8 Å². The van der Waals surface area contributed by atoms with Gasteiger partial charge in [-0.2, -0.15) is 0 Å². The second-order valence-corrected chi connectivity index (χ2v) is 10.5. The number of carbonyl (C=O) groups is 1. The van der Waals surface area contributed by atoms with Gasteiger partial charge < -0.3 is 24.8 Å². The highest BCUT2D eigenvalue weighted by Gasteiger charge is 2.42. The molecule has 0 saturated carbocycles. The van der Waals surface area contributed by atoms with Crippen LogP contribution >= 0.6 is 12.2 Å². The van der Waals surface area contributed by atoms with E-state index in [2.05, 4.69) is 36.1 Å². The van der Waals surface area contributed by atoms with E-state index in [0.717, 1.165) is 22.8 Å². The molecular weight excluding hydrogens is 496 g/mol. The number of rotatable bonds is 6. The number of carbonyl (C=O) groups excluding carboxylic acids is 1. The third-order valence-electron chi connectivity index (χ3n) is 6.50. The lowest BCUT2D eigenvalue weighted by Gasteiger charge is -2.29. The Balaban J connectivity index is 1.60. The van der Waals surface area contributed by atoms with Crippen LogP contribution in [0.4, 0.5) is 11.4 Å². The molecule has 1 aliphatic rings. The van der Waals surface area contributed by atoms with E-state index in [0.29, 0.717) is 16.5 Å². The van der Waals surface area contributed by atoms with Crippen LogP contribution in [-0.4, -0.2) is 32.7 Å². The van der Waals surface area contributed by atoms with Crippen molar-refractivity contribution in [1.82, 2.24) is 19.9 Å². The Bertz CT molecular complexity index is 1450. The first-order chi connectivity index (χ1) is 18.3. The molecule has 4 aromatic rings. The van der Waals surface area contributed by atoms with E-state index >= 15 is 0 Å². The van der Waals surface area contributed by atoms with Gasteiger partial charge in [0.15, 0.2) is 5.11 Å². The zero-order valence-electron chi connectivity index (χ0n) is 21.8. The van der Waals surface area contributed by atoms with Crippen molar-refractivity contribution in [3.63, 3.8) is 0 Å². The molecular formula is C29H30N6O2S. The number of amides is 1. The fourth-order valence-electron chi connectivity index (χ4n) is 4.54. The van der Waals surface area contributed by atoms with Gasteiger partial charge in [0.05, 0.1) is 36.4 Å². The molecule has 2 atom stereocenters. The lowest BCUT2D eigenvalue weighted by Crippen LogP contribution is -2.30. The van der Waals surface area contributed by atoms with Crippen molar-refractivity contribution in [3.8, 4) is 11.4 Å². The minimum atomic E-state index is -0.539. The van der Waals surface area contributed by atoms with Gasteiger partial charge in [0, 0.05) is 41.5 Å². The van der Waals surface area contributed by atoms with E-state index in [-0.39, 0.29) is 18.0 Å². The molecule has 38 heavy (non-hydrogen) atoms. The fourth-order valence-corrected chi connectivity index (χ4v) is 4.89. The summed E-state index contributed by atoms with van der Waals surface area (Å²) in [6, 6.07) is 19.2. The number of pyridine rings is 2. The van der Waals surface area contributed by atoms with Crippen molar-refractivity contribution < 1.29 is 9.53 Å². The van der Waals surface area contributed by atoms with Gasteiger partial charge in [0.2, 0.25) is 5.91 Å². The van der Waals surface area contributed by atoms with Crippen LogP contribution in [0.15, 0.2) is 85.5 Å². The van der Waals surface area contributed by atoms with Gasteiger partial charge in [-0.3, -0.25) is 14.8 Å². The lowest BCUT2D eigenvalue weighted by atomic mass is 9.95. The largest absolute Gasteiger partial charge is 0.494 e. The highest BCUT2D eigenvalue weighted by molar-refractivity contribution is 7.80. The fraction of sp³-hybridized carbons (Fsp3) is 0.241. The SMILES string of the molecule is COc1cc(N2C(=S)N[C@H](c3ccccn3)[C@H]2c2cccn2-c2cccnc2)ccc1NC(=O)C(C)(C)C. The number of anilines is 2. The maximum Gasteiger partial charge on any atom is 0.229 e. The number of aromatic nitrogens is 3. The molecule has 1 aromatic carbocycles. The van der Waals surface area contributed by atoms with Crippen LogP contribution < -0.4 is 20.3 Å². The smallest absolute Gasteiger partial charge is 0.229 e. The predicted octanol–water partition coefficient (Wildman–Crippen LogP) is 5.44. The van der Waals surface area contributed by atoms with Gasteiger partial charge in [-0.05, 0) is 60.7 Å². The molecule has 0 bridgehead atoms. The van der Waals surface area contributed by atoms with Crippen molar-refractivity contribution >= 4 is 34.6 Å². The molecule has 2 N–H and O–H groups in total. The normalized spacial score (nSPS) is 17.3. The minimum absolute atomic E-state index is 0.0932.